The van der Waals surface area contributed by atoms with Gasteiger partial charge in [0.05, 0.1) is 5.60 Å². The maximum atomic E-state index is 10.1. The van der Waals surface area contributed by atoms with E-state index in [1.54, 1.807) is 0 Å². The average Bonchev–Trinajstić information content (AvgIpc) is 2.22. The lowest BCUT2D eigenvalue weighted by molar-refractivity contribution is 0.0124. The number of nitrogens with two attached hydrogens (primary N) is 1. The minimum Gasteiger partial charge on any atom is -0.389 e. The Bertz CT molecular complexity index is 240. The molecule has 0 spiro atoms. The quantitative estimate of drug-likeness (QED) is 0.725. The van der Waals surface area contributed by atoms with Gasteiger partial charge in [-0.1, -0.05) is 48.0 Å². The topological polar surface area (TPSA) is 46.2 Å². The van der Waals surface area contributed by atoms with Gasteiger partial charge in [-0.3, -0.25) is 0 Å². The fraction of sp³-hybridized carbons (Fsp3) is 1.00. The summed E-state index contributed by atoms with van der Waals surface area (Å²) in [7, 11) is 0. The molecule has 0 saturated heterocycles. The van der Waals surface area contributed by atoms with E-state index in [-0.39, 0.29) is 10.8 Å². The molecule has 0 aliphatic rings. The van der Waals surface area contributed by atoms with Crippen molar-refractivity contribution in [2.45, 2.75) is 79.8 Å². The van der Waals surface area contributed by atoms with Gasteiger partial charge >= 0.3 is 0 Å². The van der Waals surface area contributed by atoms with Crippen LogP contribution in [0.3, 0.4) is 0 Å². The second-order valence-corrected chi connectivity index (χ2v) is 7.94. The number of hydrogen-bond donors (Lipinski definition) is 2. The maximum Gasteiger partial charge on any atom is 0.0741 e. The van der Waals surface area contributed by atoms with Crippen LogP contribution in [0.2, 0.25) is 0 Å². The lowest BCUT2D eigenvalue weighted by Crippen LogP contribution is -2.39. The van der Waals surface area contributed by atoms with Crippen LogP contribution in [0.5, 0.6) is 0 Å². The molecule has 0 aliphatic carbocycles. The number of aliphatic hydroxyl groups is 1. The molecule has 0 amide bonds. The van der Waals surface area contributed by atoms with Gasteiger partial charge < -0.3 is 10.8 Å². The number of hydrogen-bond acceptors (Lipinski definition) is 2. The van der Waals surface area contributed by atoms with Crippen molar-refractivity contribution in [3.8, 4) is 0 Å². The van der Waals surface area contributed by atoms with E-state index in [0.717, 1.165) is 18.8 Å². The Morgan fingerprint density at radius 2 is 1.44 bits per heavy atom. The lowest BCUT2D eigenvalue weighted by Gasteiger charge is -2.44. The molecule has 0 aromatic carbocycles. The summed E-state index contributed by atoms with van der Waals surface area (Å²) in [4.78, 5) is 0. The second kappa shape index (κ2) is 6.38. The van der Waals surface area contributed by atoms with Crippen molar-refractivity contribution in [2.24, 2.45) is 22.5 Å². The predicted octanol–water partition coefficient (Wildman–Crippen LogP) is 3.96. The van der Waals surface area contributed by atoms with Gasteiger partial charge in [0.1, 0.15) is 0 Å². The Kier molecular flexibility index (Phi) is 6.35. The van der Waals surface area contributed by atoms with E-state index in [1.165, 1.54) is 12.8 Å². The van der Waals surface area contributed by atoms with Crippen LogP contribution in [-0.4, -0.2) is 17.3 Å². The van der Waals surface area contributed by atoms with Crippen molar-refractivity contribution in [3.05, 3.63) is 0 Å². The molecule has 0 bridgehead atoms. The zero-order chi connectivity index (χ0) is 14.6. The molecule has 18 heavy (non-hydrogen) atoms. The van der Waals surface area contributed by atoms with Crippen molar-refractivity contribution < 1.29 is 5.11 Å². The molecule has 3 N–H and O–H groups in total. The first-order valence-electron chi connectivity index (χ1n) is 7.36. The summed E-state index contributed by atoms with van der Waals surface area (Å²) < 4.78 is 0. The zero-order valence-electron chi connectivity index (χ0n) is 13.6. The Labute approximate surface area is 114 Å². The minimum atomic E-state index is -0.718. The van der Waals surface area contributed by atoms with Crippen molar-refractivity contribution in [1.82, 2.24) is 0 Å². The largest absolute Gasteiger partial charge is 0.389 e. The SMILES string of the molecule is CC(C)CCC(C)(CCC(C)(O)CN)C(C)(C)C. The van der Waals surface area contributed by atoms with Gasteiger partial charge in [0.25, 0.3) is 0 Å². The summed E-state index contributed by atoms with van der Waals surface area (Å²) in [5, 5.41) is 10.1. The van der Waals surface area contributed by atoms with Crippen LogP contribution in [0, 0.1) is 16.7 Å². The summed E-state index contributed by atoms with van der Waals surface area (Å²) in [6.45, 7) is 16.0. The molecule has 0 saturated carbocycles. The van der Waals surface area contributed by atoms with Gasteiger partial charge in [0, 0.05) is 6.54 Å². The van der Waals surface area contributed by atoms with Crippen molar-refractivity contribution in [2.75, 3.05) is 6.54 Å². The van der Waals surface area contributed by atoms with Gasteiger partial charge in [0.2, 0.25) is 0 Å². The monoisotopic (exact) mass is 257 g/mol. The van der Waals surface area contributed by atoms with Crippen LogP contribution in [0.1, 0.15) is 74.1 Å². The van der Waals surface area contributed by atoms with E-state index < -0.39 is 5.60 Å². The fourth-order valence-electron chi connectivity index (χ4n) is 2.13. The highest BCUT2D eigenvalue weighted by Gasteiger charge is 2.38. The Morgan fingerprint density at radius 3 is 1.78 bits per heavy atom. The normalized spacial score (nSPS) is 19.7. The van der Waals surface area contributed by atoms with Gasteiger partial charge in [-0.25, -0.2) is 0 Å². The Hall–Kier alpha value is -0.0800. The predicted molar refractivity (Wildman–Crippen MR) is 80.5 cm³/mol. The summed E-state index contributed by atoms with van der Waals surface area (Å²) in [5.74, 6) is 0.738. The standard InChI is InChI=1S/C16H35NO/c1-13(2)8-9-15(6,14(3,4)5)10-11-16(7,18)12-17/h13,18H,8-12,17H2,1-7H3. The molecule has 0 radical (unpaired) electrons. The van der Waals surface area contributed by atoms with Crippen LogP contribution in [0.4, 0.5) is 0 Å². The van der Waals surface area contributed by atoms with Crippen LogP contribution in [0.15, 0.2) is 0 Å². The molecule has 0 aromatic rings. The molecule has 0 aliphatic heterocycles. The van der Waals surface area contributed by atoms with Gasteiger partial charge in [-0.15, -0.1) is 0 Å². The number of rotatable bonds is 7. The molecule has 0 heterocycles. The maximum absolute atomic E-state index is 10.1. The van der Waals surface area contributed by atoms with Gasteiger partial charge in [0.15, 0.2) is 0 Å². The summed E-state index contributed by atoms with van der Waals surface area (Å²) in [6.07, 6.45) is 4.29. The van der Waals surface area contributed by atoms with E-state index in [9.17, 15) is 5.11 Å². The molecular formula is C16H35NO. The highest BCUT2D eigenvalue weighted by molar-refractivity contribution is 4.89. The summed E-state index contributed by atoms with van der Waals surface area (Å²) >= 11 is 0. The second-order valence-electron chi connectivity index (χ2n) is 7.94. The van der Waals surface area contributed by atoms with Gasteiger partial charge in [-0.05, 0) is 42.9 Å². The molecule has 2 nitrogen and oxygen atoms in total. The lowest BCUT2D eigenvalue weighted by atomic mass is 9.62. The van der Waals surface area contributed by atoms with E-state index in [2.05, 4.69) is 41.5 Å². The third kappa shape index (κ3) is 5.71. The molecular weight excluding hydrogens is 222 g/mol. The first kappa shape index (κ1) is 17.9. The van der Waals surface area contributed by atoms with E-state index >= 15 is 0 Å². The highest BCUT2D eigenvalue weighted by Crippen LogP contribution is 2.47. The first-order chi connectivity index (χ1) is 7.93. The van der Waals surface area contributed by atoms with E-state index in [1.807, 2.05) is 6.92 Å². The molecule has 0 fully saturated rings. The Morgan fingerprint density at radius 1 is 0.944 bits per heavy atom. The first-order valence-corrected chi connectivity index (χ1v) is 7.36. The fourth-order valence-corrected chi connectivity index (χ4v) is 2.13. The Balaban J connectivity index is 4.69. The third-order valence-electron chi connectivity index (χ3n) is 4.74. The minimum absolute atomic E-state index is 0.257. The summed E-state index contributed by atoms with van der Waals surface area (Å²) in [6, 6.07) is 0. The van der Waals surface area contributed by atoms with E-state index in [0.29, 0.717) is 6.54 Å². The summed E-state index contributed by atoms with van der Waals surface area (Å²) in [5.41, 5.74) is 5.42. The average molecular weight is 257 g/mol. The molecule has 0 rings (SSSR count). The highest BCUT2D eigenvalue weighted by atomic mass is 16.3. The van der Waals surface area contributed by atoms with Gasteiger partial charge in [-0.2, -0.15) is 0 Å². The van der Waals surface area contributed by atoms with Crippen molar-refractivity contribution in [3.63, 3.8) is 0 Å². The molecule has 2 atom stereocenters. The zero-order valence-corrected chi connectivity index (χ0v) is 13.6. The molecule has 2 heteroatoms. The van der Waals surface area contributed by atoms with Crippen molar-refractivity contribution in [1.29, 1.82) is 0 Å². The van der Waals surface area contributed by atoms with Crippen LogP contribution in [-0.2, 0) is 0 Å². The molecule has 110 valence electrons. The molecule has 0 aromatic heterocycles. The molecule has 2 unspecified atom stereocenters. The van der Waals surface area contributed by atoms with Crippen LogP contribution < -0.4 is 5.73 Å². The van der Waals surface area contributed by atoms with E-state index in [4.69, 9.17) is 5.73 Å². The third-order valence-corrected chi connectivity index (χ3v) is 4.74. The van der Waals surface area contributed by atoms with Crippen molar-refractivity contribution >= 4 is 0 Å². The smallest absolute Gasteiger partial charge is 0.0741 e. The van der Waals surface area contributed by atoms with Crippen LogP contribution >= 0.6 is 0 Å². The van der Waals surface area contributed by atoms with Crippen LogP contribution in [0.25, 0.3) is 0 Å².